The number of carbonyl (C=O) groups excluding carboxylic acids is 1. The number of nitrogens with one attached hydrogen (secondary N) is 1. The zero-order valence-corrected chi connectivity index (χ0v) is 7.84. The Bertz CT molecular complexity index is 213. The van der Waals surface area contributed by atoms with E-state index in [9.17, 15) is 4.79 Å². The van der Waals surface area contributed by atoms with Crippen LogP contribution < -0.4 is 5.32 Å². The minimum absolute atomic E-state index is 0.0879. The predicted octanol–water partition coefficient (Wildman–Crippen LogP) is -0.0720. The molecule has 1 aliphatic heterocycles. The Balaban J connectivity index is 1.78. The Morgan fingerprint density at radius 1 is 1.62 bits per heavy atom. The third-order valence-corrected chi connectivity index (χ3v) is 3.01. The average Bonchev–Trinajstić information content (AvgIpc) is 2.78. The van der Waals surface area contributed by atoms with Crippen LogP contribution in [0.5, 0.6) is 0 Å². The fourth-order valence-corrected chi connectivity index (χ4v) is 1.91. The van der Waals surface area contributed by atoms with E-state index in [1.807, 2.05) is 0 Å². The first kappa shape index (κ1) is 8.97. The van der Waals surface area contributed by atoms with Crippen molar-refractivity contribution in [2.75, 3.05) is 26.8 Å². The molecule has 4 nitrogen and oxygen atoms in total. The minimum atomic E-state index is -0.289. The zero-order chi connectivity index (χ0) is 9.31. The maximum atomic E-state index is 10.8. The lowest BCUT2D eigenvalue weighted by Crippen LogP contribution is -2.27. The van der Waals surface area contributed by atoms with Gasteiger partial charge in [-0.1, -0.05) is 0 Å². The molecule has 1 unspecified atom stereocenters. The van der Waals surface area contributed by atoms with Crippen molar-refractivity contribution in [3.05, 3.63) is 0 Å². The van der Waals surface area contributed by atoms with Gasteiger partial charge in [-0.3, -0.25) is 0 Å². The van der Waals surface area contributed by atoms with Crippen LogP contribution in [-0.2, 0) is 14.3 Å². The highest BCUT2D eigenvalue weighted by atomic mass is 16.6. The normalized spacial score (nSPS) is 29.2. The van der Waals surface area contributed by atoms with Gasteiger partial charge in [-0.05, 0) is 12.8 Å². The monoisotopic (exact) mass is 185 g/mol. The molecule has 1 heterocycles. The van der Waals surface area contributed by atoms with Crippen LogP contribution in [0.4, 0.5) is 0 Å². The standard InChI is InChI=1S/C9H15NO3/c1-12-8(11)5-13-7-4-10-6-9(7)2-3-9/h7,10H,2-6H2,1H3. The molecule has 74 valence electrons. The third-order valence-electron chi connectivity index (χ3n) is 3.01. The smallest absolute Gasteiger partial charge is 0.331 e. The summed E-state index contributed by atoms with van der Waals surface area (Å²) < 4.78 is 10.0. The highest BCUT2D eigenvalue weighted by Gasteiger charge is 2.53. The number of esters is 1. The molecule has 13 heavy (non-hydrogen) atoms. The molecule has 2 rings (SSSR count). The van der Waals surface area contributed by atoms with Crippen molar-refractivity contribution >= 4 is 5.97 Å². The molecule has 0 amide bonds. The van der Waals surface area contributed by atoms with Gasteiger partial charge in [0.25, 0.3) is 0 Å². The van der Waals surface area contributed by atoms with Crippen LogP contribution in [0.2, 0.25) is 0 Å². The van der Waals surface area contributed by atoms with Gasteiger partial charge >= 0.3 is 5.97 Å². The van der Waals surface area contributed by atoms with Crippen molar-refractivity contribution in [2.45, 2.75) is 18.9 Å². The quantitative estimate of drug-likeness (QED) is 0.625. The summed E-state index contributed by atoms with van der Waals surface area (Å²) in [5.41, 5.74) is 0.355. The van der Waals surface area contributed by atoms with E-state index in [0.29, 0.717) is 5.41 Å². The van der Waals surface area contributed by atoms with Crippen LogP contribution in [0.3, 0.4) is 0 Å². The van der Waals surface area contributed by atoms with Gasteiger partial charge in [0.05, 0.1) is 13.2 Å². The molecule has 0 radical (unpaired) electrons. The Morgan fingerprint density at radius 2 is 2.38 bits per heavy atom. The summed E-state index contributed by atoms with van der Waals surface area (Å²) in [5, 5.41) is 3.29. The summed E-state index contributed by atoms with van der Waals surface area (Å²) in [5.74, 6) is -0.289. The van der Waals surface area contributed by atoms with Crippen molar-refractivity contribution in [2.24, 2.45) is 5.41 Å². The lowest BCUT2D eigenvalue weighted by molar-refractivity contribution is -0.148. The van der Waals surface area contributed by atoms with E-state index >= 15 is 0 Å². The minimum Gasteiger partial charge on any atom is -0.467 e. The second kappa shape index (κ2) is 3.27. The van der Waals surface area contributed by atoms with Gasteiger partial charge in [-0.25, -0.2) is 4.79 Å². The fraction of sp³-hybridized carbons (Fsp3) is 0.889. The van der Waals surface area contributed by atoms with Crippen molar-refractivity contribution in [1.82, 2.24) is 5.32 Å². The van der Waals surface area contributed by atoms with E-state index in [1.54, 1.807) is 0 Å². The molecule has 0 aromatic carbocycles. The molecule has 0 aromatic rings. The molecule has 1 atom stereocenters. The number of hydrogen-bond acceptors (Lipinski definition) is 4. The van der Waals surface area contributed by atoms with Crippen molar-refractivity contribution in [3.63, 3.8) is 0 Å². The molecule has 0 aromatic heterocycles. The van der Waals surface area contributed by atoms with Crippen LogP contribution in [-0.4, -0.2) is 38.9 Å². The van der Waals surface area contributed by atoms with Gasteiger partial charge < -0.3 is 14.8 Å². The van der Waals surface area contributed by atoms with Gasteiger partial charge in [0, 0.05) is 18.5 Å². The molecular weight excluding hydrogens is 170 g/mol. The van der Waals surface area contributed by atoms with Crippen LogP contribution >= 0.6 is 0 Å². The molecule has 4 heteroatoms. The molecule has 1 N–H and O–H groups in total. The Kier molecular flexibility index (Phi) is 2.26. The molecule has 1 saturated heterocycles. The van der Waals surface area contributed by atoms with Gasteiger partial charge in [0.2, 0.25) is 0 Å². The molecule has 0 bridgehead atoms. The second-order valence-corrected chi connectivity index (χ2v) is 3.87. The van der Waals surface area contributed by atoms with E-state index < -0.39 is 0 Å². The van der Waals surface area contributed by atoms with E-state index in [1.165, 1.54) is 20.0 Å². The summed E-state index contributed by atoms with van der Waals surface area (Å²) in [6.45, 7) is 2.00. The van der Waals surface area contributed by atoms with E-state index in [4.69, 9.17) is 4.74 Å². The van der Waals surface area contributed by atoms with Gasteiger partial charge in [0.15, 0.2) is 0 Å². The Hall–Kier alpha value is -0.610. The van der Waals surface area contributed by atoms with E-state index in [2.05, 4.69) is 10.1 Å². The Morgan fingerprint density at radius 3 is 3.00 bits per heavy atom. The highest BCUT2D eigenvalue weighted by molar-refractivity contribution is 5.70. The lowest BCUT2D eigenvalue weighted by Gasteiger charge is -2.16. The summed E-state index contributed by atoms with van der Waals surface area (Å²) in [4.78, 5) is 10.8. The zero-order valence-electron chi connectivity index (χ0n) is 7.84. The number of hydrogen-bond donors (Lipinski definition) is 1. The highest BCUT2D eigenvalue weighted by Crippen LogP contribution is 2.51. The van der Waals surface area contributed by atoms with Crippen LogP contribution in [0.1, 0.15) is 12.8 Å². The molecule has 2 aliphatic rings. The van der Waals surface area contributed by atoms with Crippen molar-refractivity contribution in [3.8, 4) is 0 Å². The Labute approximate surface area is 77.6 Å². The summed E-state index contributed by atoms with van der Waals surface area (Å²) in [6, 6.07) is 0. The van der Waals surface area contributed by atoms with Crippen LogP contribution in [0.25, 0.3) is 0 Å². The van der Waals surface area contributed by atoms with E-state index in [0.717, 1.165) is 13.1 Å². The van der Waals surface area contributed by atoms with E-state index in [-0.39, 0.29) is 18.7 Å². The summed E-state index contributed by atoms with van der Waals surface area (Å²) in [6.07, 6.45) is 2.67. The molecule has 1 spiro atoms. The topological polar surface area (TPSA) is 47.6 Å². The summed E-state index contributed by atoms with van der Waals surface area (Å²) >= 11 is 0. The molecule has 1 saturated carbocycles. The molecular formula is C9H15NO3. The largest absolute Gasteiger partial charge is 0.467 e. The average molecular weight is 185 g/mol. The first-order chi connectivity index (χ1) is 6.27. The van der Waals surface area contributed by atoms with Gasteiger partial charge in [-0.2, -0.15) is 0 Å². The van der Waals surface area contributed by atoms with Crippen LogP contribution in [0.15, 0.2) is 0 Å². The second-order valence-electron chi connectivity index (χ2n) is 3.87. The van der Waals surface area contributed by atoms with Crippen LogP contribution in [0, 0.1) is 5.41 Å². The van der Waals surface area contributed by atoms with Gasteiger partial charge in [-0.15, -0.1) is 0 Å². The SMILES string of the molecule is COC(=O)COC1CNCC12CC2. The maximum Gasteiger partial charge on any atom is 0.331 e. The first-order valence-electron chi connectivity index (χ1n) is 4.66. The summed E-state index contributed by atoms with van der Waals surface area (Å²) in [7, 11) is 1.38. The molecule has 2 fully saturated rings. The number of rotatable bonds is 3. The fourth-order valence-electron chi connectivity index (χ4n) is 1.91. The third kappa shape index (κ3) is 1.69. The lowest BCUT2D eigenvalue weighted by atomic mass is 10.0. The maximum absolute atomic E-state index is 10.8. The van der Waals surface area contributed by atoms with Gasteiger partial charge in [0.1, 0.15) is 6.61 Å². The number of methoxy groups -OCH3 is 1. The number of carbonyl (C=O) groups is 1. The van der Waals surface area contributed by atoms with Crippen molar-refractivity contribution in [1.29, 1.82) is 0 Å². The molecule has 1 aliphatic carbocycles. The van der Waals surface area contributed by atoms with Crippen molar-refractivity contribution < 1.29 is 14.3 Å². The number of ether oxygens (including phenoxy) is 2. The first-order valence-corrected chi connectivity index (χ1v) is 4.66. The predicted molar refractivity (Wildman–Crippen MR) is 46.3 cm³/mol.